The summed E-state index contributed by atoms with van der Waals surface area (Å²) < 4.78 is 5.62. The molecule has 0 heterocycles. The number of hydrogen-bond acceptors (Lipinski definition) is 3. The Hall–Kier alpha value is -1.26. The number of benzene rings is 1. The first kappa shape index (κ1) is 16.8. The summed E-state index contributed by atoms with van der Waals surface area (Å²) in [6.45, 7) is 7.37. The molecular weight excluding hydrogens is 278 g/mol. The third-order valence-corrected chi connectivity index (χ3v) is 3.53. The molecule has 4 nitrogen and oxygen atoms in total. The fourth-order valence-corrected chi connectivity index (χ4v) is 1.80. The summed E-state index contributed by atoms with van der Waals surface area (Å²) in [5.74, 6) is 0.147. The third kappa shape index (κ3) is 4.39. The van der Waals surface area contributed by atoms with Gasteiger partial charge in [-0.1, -0.05) is 30.7 Å². The number of nitrogens with one attached hydrogen (secondary N) is 1. The summed E-state index contributed by atoms with van der Waals surface area (Å²) in [6, 6.07) is 5.10. The molecule has 112 valence electrons. The molecule has 1 unspecified atom stereocenters. The van der Waals surface area contributed by atoms with Crippen molar-refractivity contribution in [3.63, 3.8) is 0 Å². The number of rotatable bonds is 6. The molecule has 0 aromatic heterocycles. The number of carbonyl (C=O) groups is 1. The Morgan fingerprint density at radius 3 is 2.70 bits per heavy atom. The first-order valence-electron chi connectivity index (χ1n) is 6.67. The minimum absolute atomic E-state index is 0.190. The number of halogens is 1. The zero-order valence-corrected chi connectivity index (χ0v) is 13.1. The van der Waals surface area contributed by atoms with E-state index in [1.54, 1.807) is 25.1 Å². The van der Waals surface area contributed by atoms with Crippen LogP contribution in [0.25, 0.3) is 0 Å². The van der Waals surface area contributed by atoms with Gasteiger partial charge in [0.1, 0.15) is 5.75 Å². The summed E-state index contributed by atoms with van der Waals surface area (Å²) in [5.41, 5.74) is 0.279. The van der Waals surface area contributed by atoms with Crippen molar-refractivity contribution >= 4 is 17.5 Å². The highest BCUT2D eigenvalue weighted by Gasteiger charge is 2.24. The molecule has 1 atom stereocenters. The van der Waals surface area contributed by atoms with E-state index in [4.69, 9.17) is 16.3 Å². The van der Waals surface area contributed by atoms with E-state index in [-0.39, 0.29) is 18.1 Å². The fourth-order valence-electron chi connectivity index (χ4n) is 1.56. The van der Waals surface area contributed by atoms with Gasteiger partial charge in [0.2, 0.25) is 0 Å². The molecule has 1 amide bonds. The summed E-state index contributed by atoms with van der Waals surface area (Å²) in [5, 5.41) is 12.6. The maximum Gasteiger partial charge on any atom is 0.261 e. The maximum atomic E-state index is 12.1. The molecule has 0 radical (unpaired) electrons. The van der Waals surface area contributed by atoms with Crippen molar-refractivity contribution < 1.29 is 14.6 Å². The number of aliphatic hydroxyl groups excluding tert-OH is 1. The normalized spacial score (nSPS) is 12.9. The molecule has 0 spiro atoms. The molecule has 1 rings (SSSR count). The maximum absolute atomic E-state index is 12.1. The van der Waals surface area contributed by atoms with Crippen molar-refractivity contribution in [2.75, 3.05) is 0 Å². The summed E-state index contributed by atoms with van der Waals surface area (Å²) in [7, 11) is 0. The van der Waals surface area contributed by atoms with Crippen molar-refractivity contribution in [2.45, 2.75) is 52.4 Å². The van der Waals surface area contributed by atoms with Gasteiger partial charge in [-0.25, -0.2) is 0 Å². The highest BCUT2D eigenvalue weighted by molar-refractivity contribution is 6.32. The lowest BCUT2D eigenvalue weighted by molar-refractivity contribution is -0.129. The third-order valence-electron chi connectivity index (χ3n) is 3.23. The lowest BCUT2D eigenvalue weighted by atomic mass is 10.0. The Labute approximate surface area is 125 Å². The standard InChI is InChI=1S/C15H22ClNO3/c1-5-15(3,4)17-14(19)10(2)20-13-11(9-18)7-6-8-12(13)16/h6-8,10,18H,5,9H2,1-4H3,(H,17,19). The number of para-hydroxylation sites is 1. The number of carbonyl (C=O) groups excluding carboxylic acids is 1. The largest absolute Gasteiger partial charge is 0.479 e. The molecule has 1 aromatic rings. The van der Waals surface area contributed by atoms with Crippen molar-refractivity contribution in [3.8, 4) is 5.75 Å². The first-order chi connectivity index (χ1) is 9.30. The van der Waals surface area contributed by atoms with Crippen LogP contribution in [0.4, 0.5) is 0 Å². The van der Waals surface area contributed by atoms with Gasteiger partial charge in [0.05, 0.1) is 11.6 Å². The van der Waals surface area contributed by atoms with Gasteiger partial charge in [0.15, 0.2) is 6.10 Å². The molecule has 20 heavy (non-hydrogen) atoms. The van der Waals surface area contributed by atoms with E-state index in [1.165, 1.54) is 0 Å². The van der Waals surface area contributed by atoms with Crippen LogP contribution in [0.15, 0.2) is 18.2 Å². The summed E-state index contributed by atoms with van der Waals surface area (Å²) >= 11 is 6.05. The van der Waals surface area contributed by atoms with Crippen LogP contribution in [0.1, 0.15) is 39.7 Å². The topological polar surface area (TPSA) is 58.6 Å². The molecule has 0 bridgehead atoms. The second-order valence-corrected chi connectivity index (χ2v) is 5.78. The minimum Gasteiger partial charge on any atom is -0.479 e. The molecule has 2 N–H and O–H groups in total. The van der Waals surface area contributed by atoms with Crippen LogP contribution in [0.5, 0.6) is 5.75 Å². The zero-order valence-electron chi connectivity index (χ0n) is 12.4. The summed E-state index contributed by atoms with van der Waals surface area (Å²) in [6.07, 6.45) is 0.130. The van der Waals surface area contributed by atoms with Crippen molar-refractivity contribution in [3.05, 3.63) is 28.8 Å². The number of ether oxygens (including phenoxy) is 1. The van der Waals surface area contributed by atoms with Gasteiger partial charge in [-0.15, -0.1) is 0 Å². The van der Waals surface area contributed by atoms with E-state index in [0.29, 0.717) is 16.3 Å². The van der Waals surface area contributed by atoms with Crippen molar-refractivity contribution in [2.24, 2.45) is 0 Å². The lowest BCUT2D eigenvalue weighted by Crippen LogP contribution is -2.48. The van der Waals surface area contributed by atoms with Gasteiger partial charge < -0.3 is 15.2 Å². The van der Waals surface area contributed by atoms with Crippen LogP contribution in [-0.2, 0) is 11.4 Å². The molecule has 5 heteroatoms. The molecule has 0 aliphatic carbocycles. The van der Waals surface area contributed by atoms with Gasteiger partial charge >= 0.3 is 0 Å². The quantitative estimate of drug-likeness (QED) is 0.849. The van der Waals surface area contributed by atoms with E-state index in [9.17, 15) is 9.90 Å². The van der Waals surface area contributed by atoms with Gasteiger partial charge in [-0.3, -0.25) is 4.79 Å². The van der Waals surface area contributed by atoms with Crippen LogP contribution in [-0.4, -0.2) is 22.7 Å². The fraction of sp³-hybridized carbons (Fsp3) is 0.533. The Balaban J connectivity index is 2.81. The highest BCUT2D eigenvalue weighted by atomic mass is 35.5. The van der Waals surface area contributed by atoms with Crippen molar-refractivity contribution in [1.29, 1.82) is 0 Å². The number of hydrogen-bond donors (Lipinski definition) is 2. The average molecular weight is 300 g/mol. The Bertz CT molecular complexity index is 474. The molecule has 0 aliphatic rings. The number of amides is 1. The molecule has 0 aliphatic heterocycles. The molecule has 0 fully saturated rings. The molecular formula is C15H22ClNO3. The van der Waals surface area contributed by atoms with E-state index < -0.39 is 6.10 Å². The van der Waals surface area contributed by atoms with E-state index in [0.717, 1.165) is 6.42 Å². The smallest absolute Gasteiger partial charge is 0.261 e. The number of aliphatic hydroxyl groups is 1. The van der Waals surface area contributed by atoms with Crippen molar-refractivity contribution in [1.82, 2.24) is 5.32 Å². The zero-order chi connectivity index (χ0) is 15.3. The van der Waals surface area contributed by atoms with Gasteiger partial charge in [-0.05, 0) is 33.3 Å². The first-order valence-corrected chi connectivity index (χ1v) is 7.05. The average Bonchev–Trinajstić information content (AvgIpc) is 2.40. The summed E-state index contributed by atoms with van der Waals surface area (Å²) in [4.78, 5) is 12.1. The van der Waals surface area contributed by atoms with Gasteiger partial charge in [0.25, 0.3) is 5.91 Å². The van der Waals surface area contributed by atoms with Crippen LogP contribution in [0.2, 0.25) is 5.02 Å². The van der Waals surface area contributed by atoms with Gasteiger partial charge in [-0.2, -0.15) is 0 Å². The predicted molar refractivity (Wildman–Crippen MR) is 80.0 cm³/mol. The Morgan fingerprint density at radius 1 is 1.50 bits per heavy atom. The Morgan fingerprint density at radius 2 is 2.15 bits per heavy atom. The molecule has 0 saturated heterocycles. The molecule has 1 aromatic carbocycles. The van der Waals surface area contributed by atoms with E-state index in [1.807, 2.05) is 20.8 Å². The van der Waals surface area contributed by atoms with Crippen LogP contribution in [0.3, 0.4) is 0 Å². The van der Waals surface area contributed by atoms with Crippen LogP contribution < -0.4 is 10.1 Å². The second kappa shape index (κ2) is 6.95. The minimum atomic E-state index is -0.689. The lowest BCUT2D eigenvalue weighted by Gasteiger charge is -2.27. The van der Waals surface area contributed by atoms with Crippen LogP contribution in [0, 0.1) is 0 Å². The monoisotopic (exact) mass is 299 g/mol. The predicted octanol–water partition coefficient (Wildman–Crippen LogP) is 2.90. The van der Waals surface area contributed by atoms with E-state index >= 15 is 0 Å². The molecule has 0 saturated carbocycles. The van der Waals surface area contributed by atoms with E-state index in [2.05, 4.69) is 5.32 Å². The highest BCUT2D eigenvalue weighted by Crippen LogP contribution is 2.29. The SMILES string of the molecule is CCC(C)(C)NC(=O)C(C)Oc1c(Cl)cccc1CO. The Kier molecular flexibility index (Phi) is 5.84. The second-order valence-electron chi connectivity index (χ2n) is 5.37. The van der Waals surface area contributed by atoms with Crippen LogP contribution >= 0.6 is 11.6 Å². The van der Waals surface area contributed by atoms with Gasteiger partial charge in [0, 0.05) is 11.1 Å².